The maximum Gasteiger partial charge on any atom is 0.255 e. The summed E-state index contributed by atoms with van der Waals surface area (Å²) in [5.41, 5.74) is 3.75. The number of fused-ring (bicyclic) bond motifs is 1. The first-order valence-corrected chi connectivity index (χ1v) is 10.6. The van der Waals surface area contributed by atoms with E-state index in [2.05, 4.69) is 78.7 Å². The van der Waals surface area contributed by atoms with Gasteiger partial charge in [0.15, 0.2) is 0 Å². The molecule has 1 unspecified atom stereocenters. The van der Waals surface area contributed by atoms with Gasteiger partial charge in [0.1, 0.15) is 0 Å². The quantitative estimate of drug-likeness (QED) is 0.488. The molecule has 0 bridgehead atoms. The highest BCUT2D eigenvalue weighted by atomic mass is 127. The molecule has 2 N–H and O–H groups in total. The summed E-state index contributed by atoms with van der Waals surface area (Å²) in [6.07, 6.45) is 2.05. The van der Waals surface area contributed by atoms with Crippen LogP contribution >= 0.6 is 22.6 Å². The van der Waals surface area contributed by atoms with Crippen molar-refractivity contribution >= 4 is 39.4 Å². The van der Waals surface area contributed by atoms with Crippen LogP contribution in [0.3, 0.4) is 0 Å². The molecule has 0 aliphatic rings. The Bertz CT molecular complexity index is 978. The van der Waals surface area contributed by atoms with Gasteiger partial charge >= 0.3 is 0 Å². The van der Waals surface area contributed by atoms with E-state index in [0.29, 0.717) is 18.0 Å². The molecule has 0 saturated carbocycles. The zero-order chi connectivity index (χ0) is 20.5. The SMILES string of the molecule is CC(C)C(C)(c1ccc(I)cc1)c1c[nH]c2c(C(=O)N(C)CCO)cccc12. The lowest BCUT2D eigenvalue weighted by atomic mass is 9.68. The lowest BCUT2D eigenvalue weighted by Crippen LogP contribution is -2.30. The van der Waals surface area contributed by atoms with Crippen LogP contribution in [0.1, 0.15) is 42.3 Å². The van der Waals surface area contributed by atoms with Crippen molar-refractivity contribution in [3.8, 4) is 0 Å². The fourth-order valence-corrected chi connectivity index (χ4v) is 4.17. The Labute approximate surface area is 180 Å². The van der Waals surface area contributed by atoms with Crippen LogP contribution in [0.2, 0.25) is 0 Å². The molecule has 0 aliphatic heterocycles. The first-order chi connectivity index (χ1) is 13.3. The minimum absolute atomic E-state index is 0.0492. The van der Waals surface area contributed by atoms with E-state index in [1.807, 2.05) is 18.3 Å². The predicted molar refractivity (Wildman–Crippen MR) is 123 cm³/mol. The van der Waals surface area contributed by atoms with Gasteiger partial charge in [-0.3, -0.25) is 4.79 Å². The minimum Gasteiger partial charge on any atom is -0.395 e. The Morgan fingerprint density at radius 2 is 1.89 bits per heavy atom. The monoisotopic (exact) mass is 490 g/mol. The standard InChI is InChI=1S/C23H27IN2O2/c1-15(2)23(3,16-8-10-17(24)11-9-16)20-14-25-21-18(20)6-5-7-19(21)22(28)26(4)12-13-27/h5-11,14-15,25,27H,12-13H2,1-4H3. The summed E-state index contributed by atoms with van der Waals surface area (Å²) in [4.78, 5) is 17.8. The Hall–Kier alpha value is -1.86. The largest absolute Gasteiger partial charge is 0.395 e. The van der Waals surface area contributed by atoms with Crippen LogP contribution in [-0.4, -0.2) is 41.1 Å². The smallest absolute Gasteiger partial charge is 0.255 e. The molecule has 0 saturated heterocycles. The molecule has 0 aliphatic carbocycles. The molecule has 4 nitrogen and oxygen atoms in total. The van der Waals surface area contributed by atoms with Crippen LogP contribution in [0.4, 0.5) is 0 Å². The number of nitrogens with one attached hydrogen (secondary N) is 1. The lowest BCUT2D eigenvalue weighted by Gasteiger charge is -2.35. The van der Waals surface area contributed by atoms with Crippen LogP contribution in [0.25, 0.3) is 10.9 Å². The van der Waals surface area contributed by atoms with Crippen LogP contribution in [0, 0.1) is 9.49 Å². The average molecular weight is 490 g/mol. The van der Waals surface area contributed by atoms with Gasteiger partial charge in [0.25, 0.3) is 5.91 Å². The van der Waals surface area contributed by atoms with Gasteiger partial charge in [0.2, 0.25) is 0 Å². The number of nitrogens with zero attached hydrogens (tertiary/aromatic N) is 1. The third kappa shape index (κ3) is 3.57. The molecule has 5 heteroatoms. The van der Waals surface area contributed by atoms with Crippen molar-refractivity contribution in [1.29, 1.82) is 0 Å². The summed E-state index contributed by atoms with van der Waals surface area (Å²) in [7, 11) is 1.71. The molecule has 0 radical (unpaired) electrons. The molecule has 2 aromatic carbocycles. The predicted octanol–water partition coefficient (Wildman–Crippen LogP) is 4.80. The van der Waals surface area contributed by atoms with E-state index in [9.17, 15) is 4.79 Å². The highest BCUT2D eigenvalue weighted by Crippen LogP contribution is 2.42. The highest BCUT2D eigenvalue weighted by Gasteiger charge is 2.35. The molecule has 1 aromatic heterocycles. The fraction of sp³-hybridized carbons (Fsp3) is 0.348. The zero-order valence-corrected chi connectivity index (χ0v) is 18.9. The van der Waals surface area contributed by atoms with Crippen molar-refractivity contribution < 1.29 is 9.90 Å². The molecule has 0 spiro atoms. The van der Waals surface area contributed by atoms with Crippen molar-refractivity contribution in [2.75, 3.05) is 20.2 Å². The number of rotatable bonds is 6. The number of aliphatic hydroxyl groups is 1. The summed E-state index contributed by atoms with van der Waals surface area (Å²) >= 11 is 2.33. The number of hydrogen-bond acceptors (Lipinski definition) is 2. The number of aromatic nitrogens is 1. The Kier molecular flexibility index (Phi) is 6.15. The summed E-state index contributed by atoms with van der Waals surface area (Å²) in [5, 5.41) is 10.2. The van der Waals surface area contributed by atoms with Crippen LogP contribution in [-0.2, 0) is 5.41 Å². The lowest BCUT2D eigenvalue weighted by molar-refractivity contribution is 0.0768. The molecule has 28 heavy (non-hydrogen) atoms. The molecule has 0 fully saturated rings. The molecular weight excluding hydrogens is 463 g/mol. The number of para-hydroxylation sites is 1. The van der Waals surface area contributed by atoms with E-state index < -0.39 is 0 Å². The number of carbonyl (C=O) groups excluding carboxylic acids is 1. The molecule has 148 valence electrons. The van der Waals surface area contributed by atoms with E-state index in [4.69, 9.17) is 5.11 Å². The van der Waals surface area contributed by atoms with Crippen molar-refractivity contribution in [1.82, 2.24) is 9.88 Å². The average Bonchev–Trinajstić information content (AvgIpc) is 3.12. The van der Waals surface area contributed by atoms with Gasteiger partial charge in [-0.05, 0) is 57.8 Å². The van der Waals surface area contributed by atoms with E-state index in [0.717, 1.165) is 10.9 Å². The van der Waals surface area contributed by atoms with Gasteiger partial charge in [0.05, 0.1) is 17.7 Å². The Morgan fingerprint density at radius 1 is 1.21 bits per heavy atom. The maximum absolute atomic E-state index is 12.8. The van der Waals surface area contributed by atoms with Crippen molar-refractivity contribution in [2.24, 2.45) is 5.92 Å². The van der Waals surface area contributed by atoms with Crippen LogP contribution < -0.4 is 0 Å². The second-order valence-corrected chi connectivity index (χ2v) is 8.99. The number of benzene rings is 2. The molecular formula is C23H27IN2O2. The Balaban J connectivity index is 2.16. The molecule has 1 amide bonds. The molecule has 3 aromatic rings. The van der Waals surface area contributed by atoms with Crippen LogP contribution in [0.5, 0.6) is 0 Å². The number of carbonyl (C=O) groups is 1. The molecule has 1 atom stereocenters. The number of aliphatic hydroxyl groups excluding tert-OH is 1. The second kappa shape index (κ2) is 8.25. The molecule has 1 heterocycles. The van der Waals surface area contributed by atoms with Gasteiger partial charge in [-0.25, -0.2) is 0 Å². The number of H-pyrrole nitrogens is 1. The third-order valence-corrected chi connectivity index (χ3v) is 6.61. The maximum atomic E-state index is 12.8. The second-order valence-electron chi connectivity index (χ2n) is 7.74. The van der Waals surface area contributed by atoms with Crippen molar-refractivity contribution in [2.45, 2.75) is 26.2 Å². The number of likely N-dealkylation sites (N-methyl/N-ethyl adjacent to an activating group) is 1. The van der Waals surface area contributed by atoms with Gasteiger partial charge in [-0.1, -0.05) is 45.0 Å². The van der Waals surface area contributed by atoms with E-state index in [1.54, 1.807) is 11.9 Å². The van der Waals surface area contributed by atoms with E-state index in [-0.39, 0.29) is 17.9 Å². The summed E-state index contributed by atoms with van der Waals surface area (Å²) in [6, 6.07) is 14.5. The van der Waals surface area contributed by atoms with Crippen LogP contribution in [0.15, 0.2) is 48.7 Å². The van der Waals surface area contributed by atoms with Gasteiger partial charge < -0.3 is 15.0 Å². The fourth-order valence-electron chi connectivity index (χ4n) is 3.82. The number of halogens is 1. The number of aromatic amines is 1. The summed E-state index contributed by atoms with van der Waals surface area (Å²) in [5.74, 6) is 0.275. The van der Waals surface area contributed by atoms with Crippen molar-refractivity contribution in [3.05, 3.63) is 68.9 Å². The van der Waals surface area contributed by atoms with E-state index in [1.165, 1.54) is 14.7 Å². The topological polar surface area (TPSA) is 56.3 Å². The van der Waals surface area contributed by atoms with Crippen molar-refractivity contribution in [3.63, 3.8) is 0 Å². The number of hydrogen-bond donors (Lipinski definition) is 2. The number of amides is 1. The Morgan fingerprint density at radius 3 is 2.50 bits per heavy atom. The minimum atomic E-state index is -0.193. The zero-order valence-electron chi connectivity index (χ0n) is 16.8. The van der Waals surface area contributed by atoms with Gasteiger partial charge in [-0.15, -0.1) is 0 Å². The first kappa shape index (κ1) is 20.9. The first-order valence-electron chi connectivity index (χ1n) is 9.53. The van der Waals surface area contributed by atoms with Gasteiger partial charge in [-0.2, -0.15) is 0 Å². The highest BCUT2D eigenvalue weighted by molar-refractivity contribution is 14.1. The molecule has 3 rings (SSSR count). The third-order valence-electron chi connectivity index (χ3n) is 5.89. The summed E-state index contributed by atoms with van der Waals surface area (Å²) < 4.78 is 1.21. The normalized spacial score (nSPS) is 13.7. The van der Waals surface area contributed by atoms with E-state index >= 15 is 0 Å². The van der Waals surface area contributed by atoms with Gasteiger partial charge in [0, 0.05) is 34.2 Å². The summed E-state index contributed by atoms with van der Waals surface area (Å²) in [6.45, 7) is 7.01.